The second-order valence-electron chi connectivity index (χ2n) is 7.37. The average Bonchev–Trinajstić information content (AvgIpc) is 2.68. The van der Waals surface area contributed by atoms with Gasteiger partial charge in [-0.15, -0.1) is 12.4 Å². The number of anilines is 2. The van der Waals surface area contributed by atoms with E-state index < -0.39 is 0 Å². The van der Waals surface area contributed by atoms with Crippen LogP contribution in [0, 0.1) is 0 Å². The van der Waals surface area contributed by atoms with Crippen LogP contribution in [0.2, 0.25) is 0 Å². The normalized spacial score (nSPS) is 18.0. The van der Waals surface area contributed by atoms with Gasteiger partial charge in [0.1, 0.15) is 0 Å². The highest BCUT2D eigenvalue weighted by molar-refractivity contribution is 5.96. The third-order valence-corrected chi connectivity index (χ3v) is 5.77. The van der Waals surface area contributed by atoms with E-state index >= 15 is 0 Å². The lowest BCUT2D eigenvalue weighted by atomic mass is 9.90. The quantitative estimate of drug-likeness (QED) is 0.786. The minimum Gasteiger partial charge on any atom is -0.398 e. The molecule has 0 radical (unpaired) electrons. The average molecular weight is 400 g/mol. The summed E-state index contributed by atoms with van der Waals surface area (Å²) >= 11 is 0. The first-order valence-electron chi connectivity index (χ1n) is 9.59. The van der Waals surface area contributed by atoms with Gasteiger partial charge < -0.3 is 15.5 Å². The van der Waals surface area contributed by atoms with Gasteiger partial charge in [-0.05, 0) is 48.1 Å². The summed E-state index contributed by atoms with van der Waals surface area (Å²) < 4.78 is 0. The number of hydrogen-bond donors (Lipinski definition) is 1. The number of nitrogen functional groups attached to an aromatic ring is 1. The molecule has 1 unspecified atom stereocenters. The molecule has 148 valence electrons. The molecule has 4 rings (SSSR count). The molecule has 0 bridgehead atoms. The first kappa shape index (κ1) is 20.2. The van der Waals surface area contributed by atoms with Crippen LogP contribution >= 0.6 is 12.4 Å². The molecule has 6 heteroatoms. The maximum absolute atomic E-state index is 13.3. The van der Waals surface area contributed by atoms with Gasteiger partial charge in [0, 0.05) is 31.4 Å². The third-order valence-electron chi connectivity index (χ3n) is 5.77. The Morgan fingerprint density at radius 3 is 2.64 bits per heavy atom. The standard InChI is InChI=1S/C22H25N3O2.ClH/c1-15(26)24-13-11-16-6-2-3-7-17(16)21(24)14-22(27)25-12-5-8-18-19(23)9-4-10-20(18)25;/h2-4,6-7,9-10,21H,5,8,11-14,23H2,1H3;1H. The fraction of sp³-hybridized carbons (Fsp3) is 0.364. The van der Waals surface area contributed by atoms with Crippen molar-refractivity contribution in [3.63, 3.8) is 0 Å². The van der Waals surface area contributed by atoms with E-state index in [1.165, 1.54) is 5.56 Å². The molecule has 2 amide bonds. The molecule has 0 aromatic heterocycles. The second-order valence-corrected chi connectivity index (χ2v) is 7.37. The van der Waals surface area contributed by atoms with Gasteiger partial charge >= 0.3 is 0 Å². The van der Waals surface area contributed by atoms with Gasteiger partial charge in [0.05, 0.1) is 12.5 Å². The SMILES string of the molecule is CC(=O)N1CCc2ccccc2C1CC(=O)N1CCCc2c(N)cccc21.Cl. The molecule has 0 aliphatic carbocycles. The Balaban J connectivity index is 0.00000225. The van der Waals surface area contributed by atoms with Crippen LogP contribution in [0.1, 0.15) is 42.5 Å². The molecule has 2 aliphatic heterocycles. The summed E-state index contributed by atoms with van der Waals surface area (Å²) in [4.78, 5) is 29.2. The molecule has 0 spiro atoms. The number of carbonyl (C=O) groups excluding carboxylic acids is 2. The summed E-state index contributed by atoms with van der Waals surface area (Å²) in [5.41, 5.74) is 11.2. The second kappa shape index (κ2) is 8.23. The number of benzene rings is 2. The van der Waals surface area contributed by atoms with Gasteiger partial charge in [-0.1, -0.05) is 30.3 Å². The zero-order chi connectivity index (χ0) is 19.0. The molecular weight excluding hydrogens is 374 g/mol. The zero-order valence-electron chi connectivity index (χ0n) is 16.1. The van der Waals surface area contributed by atoms with Gasteiger partial charge in [-0.3, -0.25) is 9.59 Å². The summed E-state index contributed by atoms with van der Waals surface area (Å²) in [7, 11) is 0. The van der Waals surface area contributed by atoms with Crippen molar-refractivity contribution in [1.82, 2.24) is 4.90 Å². The van der Waals surface area contributed by atoms with Gasteiger partial charge in [-0.25, -0.2) is 0 Å². The fourth-order valence-corrected chi connectivity index (χ4v) is 4.43. The van der Waals surface area contributed by atoms with Crippen molar-refractivity contribution in [2.24, 2.45) is 0 Å². The van der Waals surface area contributed by atoms with E-state index in [1.54, 1.807) is 6.92 Å². The van der Waals surface area contributed by atoms with Gasteiger partial charge in [0.2, 0.25) is 11.8 Å². The molecular formula is C22H26ClN3O2. The Kier molecular flexibility index (Phi) is 5.94. The zero-order valence-corrected chi connectivity index (χ0v) is 16.9. The Morgan fingerprint density at radius 1 is 1.07 bits per heavy atom. The van der Waals surface area contributed by atoms with E-state index in [0.29, 0.717) is 19.5 Å². The van der Waals surface area contributed by atoms with Crippen LogP contribution in [0.25, 0.3) is 0 Å². The van der Waals surface area contributed by atoms with Gasteiger partial charge in [0.25, 0.3) is 0 Å². The van der Waals surface area contributed by atoms with Crippen LogP contribution < -0.4 is 10.6 Å². The number of carbonyl (C=O) groups is 2. The molecule has 2 aromatic rings. The number of nitrogens with two attached hydrogens (primary N) is 1. The summed E-state index contributed by atoms with van der Waals surface area (Å²) in [6.07, 6.45) is 2.94. The summed E-state index contributed by atoms with van der Waals surface area (Å²) in [6.45, 7) is 2.94. The molecule has 5 nitrogen and oxygen atoms in total. The Morgan fingerprint density at radius 2 is 1.86 bits per heavy atom. The third kappa shape index (κ3) is 3.59. The summed E-state index contributed by atoms with van der Waals surface area (Å²) in [5.74, 6) is 0.0695. The predicted octanol–water partition coefficient (Wildman–Crippen LogP) is 3.51. The fourth-order valence-electron chi connectivity index (χ4n) is 4.43. The number of amides is 2. The van der Waals surface area contributed by atoms with Crippen LogP contribution in [0.3, 0.4) is 0 Å². The van der Waals surface area contributed by atoms with Crippen molar-refractivity contribution in [3.05, 3.63) is 59.2 Å². The van der Waals surface area contributed by atoms with Crippen molar-refractivity contribution in [2.45, 2.75) is 38.6 Å². The minimum absolute atomic E-state index is 0. The number of halogens is 1. The van der Waals surface area contributed by atoms with E-state index in [4.69, 9.17) is 5.73 Å². The highest BCUT2D eigenvalue weighted by atomic mass is 35.5. The number of hydrogen-bond acceptors (Lipinski definition) is 3. The first-order valence-corrected chi connectivity index (χ1v) is 9.59. The predicted molar refractivity (Wildman–Crippen MR) is 114 cm³/mol. The molecule has 0 fully saturated rings. The monoisotopic (exact) mass is 399 g/mol. The van der Waals surface area contributed by atoms with Crippen LogP contribution in [-0.4, -0.2) is 29.8 Å². The van der Waals surface area contributed by atoms with Crippen LogP contribution in [-0.2, 0) is 22.4 Å². The molecule has 0 saturated carbocycles. The number of rotatable bonds is 2. The van der Waals surface area contributed by atoms with Gasteiger partial charge in [0.15, 0.2) is 0 Å². The molecule has 2 heterocycles. The first-order chi connectivity index (χ1) is 13.1. The van der Waals surface area contributed by atoms with E-state index in [2.05, 4.69) is 6.07 Å². The lowest BCUT2D eigenvalue weighted by Gasteiger charge is -2.38. The van der Waals surface area contributed by atoms with E-state index in [1.807, 2.05) is 46.2 Å². The lowest BCUT2D eigenvalue weighted by molar-refractivity contribution is -0.133. The van der Waals surface area contributed by atoms with E-state index in [0.717, 1.165) is 41.8 Å². The van der Waals surface area contributed by atoms with Crippen molar-refractivity contribution < 1.29 is 9.59 Å². The highest BCUT2D eigenvalue weighted by Gasteiger charge is 2.33. The van der Waals surface area contributed by atoms with E-state index in [9.17, 15) is 9.59 Å². The Labute approximate surface area is 171 Å². The van der Waals surface area contributed by atoms with Gasteiger partial charge in [-0.2, -0.15) is 0 Å². The molecule has 2 aromatic carbocycles. The molecule has 2 N–H and O–H groups in total. The molecule has 0 saturated heterocycles. The topological polar surface area (TPSA) is 66.6 Å². The van der Waals surface area contributed by atoms with Crippen molar-refractivity contribution in [2.75, 3.05) is 23.7 Å². The molecule has 2 aliphatic rings. The number of fused-ring (bicyclic) bond motifs is 2. The van der Waals surface area contributed by atoms with Crippen molar-refractivity contribution in [1.29, 1.82) is 0 Å². The van der Waals surface area contributed by atoms with Crippen LogP contribution in [0.5, 0.6) is 0 Å². The molecule has 28 heavy (non-hydrogen) atoms. The molecule has 1 atom stereocenters. The smallest absolute Gasteiger partial charge is 0.229 e. The summed E-state index contributed by atoms with van der Waals surface area (Å²) in [5, 5.41) is 0. The summed E-state index contributed by atoms with van der Waals surface area (Å²) in [6, 6.07) is 13.7. The van der Waals surface area contributed by atoms with E-state index in [-0.39, 0.29) is 30.3 Å². The largest absolute Gasteiger partial charge is 0.398 e. The highest BCUT2D eigenvalue weighted by Crippen LogP contribution is 2.36. The van der Waals surface area contributed by atoms with Crippen LogP contribution in [0.4, 0.5) is 11.4 Å². The maximum atomic E-state index is 13.3. The van der Waals surface area contributed by atoms with Crippen molar-refractivity contribution in [3.8, 4) is 0 Å². The lowest BCUT2D eigenvalue weighted by Crippen LogP contribution is -2.43. The van der Waals surface area contributed by atoms with Crippen LogP contribution in [0.15, 0.2) is 42.5 Å². The minimum atomic E-state index is -0.202. The number of nitrogens with zero attached hydrogens (tertiary/aromatic N) is 2. The van der Waals surface area contributed by atoms with Crippen molar-refractivity contribution >= 4 is 35.6 Å². The Hall–Kier alpha value is -2.53. The Bertz CT molecular complexity index is 899. The maximum Gasteiger partial charge on any atom is 0.229 e.